The van der Waals surface area contributed by atoms with Gasteiger partial charge in [0.15, 0.2) is 0 Å². The second kappa shape index (κ2) is 3.12. The maximum absolute atomic E-state index is 4.88. The molecular formula is C4H11NO+. The zero-order valence-electron chi connectivity index (χ0n) is 4.56. The van der Waals surface area contributed by atoms with Crippen LogP contribution in [0, 0.1) is 0 Å². The van der Waals surface area contributed by atoms with Crippen molar-refractivity contribution in [2.24, 2.45) is 0 Å². The molecule has 0 fully saturated rings. The van der Waals surface area contributed by atoms with E-state index in [1.807, 2.05) is 21.0 Å². The van der Waals surface area contributed by atoms with E-state index in [2.05, 4.69) is 0 Å². The third-order valence-corrected chi connectivity index (χ3v) is 0.387. The van der Waals surface area contributed by atoms with Crippen molar-refractivity contribution < 1.29 is 4.84 Å². The molecule has 0 atom stereocenters. The van der Waals surface area contributed by atoms with E-state index in [1.165, 1.54) is 0 Å². The van der Waals surface area contributed by atoms with E-state index in [9.17, 15) is 0 Å². The molecule has 0 aliphatic carbocycles. The monoisotopic (exact) mass is 89.1 g/mol. The molecule has 0 spiro atoms. The van der Waals surface area contributed by atoms with Crippen LogP contribution in [0.25, 0.3) is 0 Å². The average molecular weight is 89.1 g/mol. The van der Waals surface area contributed by atoms with E-state index in [-0.39, 0.29) is 0 Å². The van der Waals surface area contributed by atoms with Gasteiger partial charge in [-0.1, -0.05) is 0 Å². The molecule has 0 aliphatic rings. The van der Waals surface area contributed by atoms with E-state index in [1.54, 1.807) is 5.06 Å². The zero-order valence-corrected chi connectivity index (χ0v) is 4.56. The van der Waals surface area contributed by atoms with Gasteiger partial charge in [-0.25, -0.2) is 0 Å². The molecule has 0 aromatic heterocycles. The van der Waals surface area contributed by atoms with Crippen LogP contribution in [0.3, 0.4) is 0 Å². The van der Waals surface area contributed by atoms with E-state index in [0.717, 1.165) is 6.61 Å². The maximum Gasteiger partial charge on any atom is 0.149 e. The van der Waals surface area contributed by atoms with Gasteiger partial charge in [0.25, 0.3) is 0 Å². The summed E-state index contributed by atoms with van der Waals surface area (Å²) in [5.41, 5.74) is 0. The van der Waals surface area contributed by atoms with Gasteiger partial charge < -0.3 is 0 Å². The Morgan fingerprint density at radius 3 is 2.00 bits per heavy atom. The van der Waals surface area contributed by atoms with Gasteiger partial charge >= 0.3 is 0 Å². The molecule has 37 valence electrons. The summed E-state index contributed by atoms with van der Waals surface area (Å²) in [5.74, 6) is 0. The Morgan fingerprint density at radius 2 is 2.00 bits per heavy atom. The number of nitrogens with zero attached hydrogens (tertiary/aromatic N) is 1. The Labute approximate surface area is 38.7 Å². The third kappa shape index (κ3) is 3.92. The van der Waals surface area contributed by atoms with E-state index >= 15 is 0 Å². The summed E-state index contributed by atoms with van der Waals surface area (Å²) in [5, 5.41) is 1.68. The lowest BCUT2D eigenvalue weighted by molar-refractivity contribution is -0.0267. The van der Waals surface area contributed by atoms with Crippen molar-refractivity contribution in [1.82, 2.24) is 5.06 Å². The molecule has 0 heterocycles. The van der Waals surface area contributed by atoms with E-state index in [0.29, 0.717) is 0 Å². The summed E-state index contributed by atoms with van der Waals surface area (Å²) in [6.07, 6.45) is 0. The normalized spacial score (nSPS) is 10.0. The quantitative estimate of drug-likeness (QED) is 0.351. The highest BCUT2D eigenvalue weighted by Crippen LogP contribution is 1.67. The zero-order chi connectivity index (χ0) is 4.99. The molecule has 0 rings (SSSR count). The molecule has 0 aliphatic heterocycles. The van der Waals surface area contributed by atoms with Gasteiger partial charge in [-0.3, -0.25) is 0 Å². The molecule has 0 unspecified atom stereocenters. The molecule has 0 bridgehead atoms. The molecule has 0 saturated carbocycles. The Kier molecular flexibility index (Phi) is 3.08. The van der Waals surface area contributed by atoms with Crippen LogP contribution in [0.2, 0.25) is 0 Å². The number of hydrogen-bond donors (Lipinski definition) is 0. The van der Waals surface area contributed by atoms with Crippen LogP contribution < -0.4 is 5.06 Å². The SMILES string of the molecule is CCO[N+](C)C. The number of hydroxylamine groups is 2. The Balaban J connectivity index is 2.63. The molecule has 0 aromatic rings. The molecule has 0 aromatic carbocycles. The molecule has 2 nitrogen and oxygen atoms in total. The second-order valence-corrected chi connectivity index (χ2v) is 1.23. The highest BCUT2D eigenvalue weighted by molar-refractivity contribution is 4.14. The van der Waals surface area contributed by atoms with Gasteiger partial charge in [0.1, 0.15) is 20.7 Å². The van der Waals surface area contributed by atoms with Crippen molar-refractivity contribution in [1.29, 1.82) is 0 Å². The van der Waals surface area contributed by atoms with Crippen molar-refractivity contribution in [2.75, 3.05) is 20.7 Å². The van der Waals surface area contributed by atoms with Gasteiger partial charge in [-0.05, 0) is 12.0 Å². The lowest BCUT2D eigenvalue weighted by atomic mass is 10.9. The van der Waals surface area contributed by atoms with Crippen LogP contribution in [0.5, 0.6) is 0 Å². The summed E-state index contributed by atoms with van der Waals surface area (Å²) in [4.78, 5) is 4.88. The van der Waals surface area contributed by atoms with Crippen LogP contribution in [0.1, 0.15) is 6.92 Å². The number of rotatable bonds is 2. The molecule has 2 heteroatoms. The lowest BCUT2D eigenvalue weighted by Gasteiger charge is -1.91. The largest absolute Gasteiger partial charge is 0.150 e. The van der Waals surface area contributed by atoms with Crippen LogP contribution in [0.4, 0.5) is 0 Å². The Bertz CT molecular complexity index is 28.7. The first-order valence-electron chi connectivity index (χ1n) is 2.07. The standard InChI is InChI=1S/C4H11NO/c1-4-6-5(2)3/h4H2,1-3H3/q+1. The van der Waals surface area contributed by atoms with E-state index in [4.69, 9.17) is 4.84 Å². The third-order valence-electron chi connectivity index (χ3n) is 0.387. The van der Waals surface area contributed by atoms with Gasteiger partial charge in [-0.2, -0.15) is 0 Å². The fourth-order valence-electron chi connectivity index (χ4n) is 0.258. The van der Waals surface area contributed by atoms with Crippen molar-refractivity contribution in [3.8, 4) is 0 Å². The minimum absolute atomic E-state index is 0.757. The lowest BCUT2D eigenvalue weighted by Crippen LogP contribution is -2.18. The van der Waals surface area contributed by atoms with Crippen molar-refractivity contribution in [3.05, 3.63) is 0 Å². The first-order valence-corrected chi connectivity index (χ1v) is 2.07. The number of hydrogen-bond acceptors (Lipinski definition) is 2. The molecular weight excluding hydrogens is 78.0 g/mol. The summed E-state index contributed by atoms with van der Waals surface area (Å²) in [6, 6.07) is 0. The van der Waals surface area contributed by atoms with E-state index < -0.39 is 0 Å². The summed E-state index contributed by atoms with van der Waals surface area (Å²) < 4.78 is 0. The summed E-state index contributed by atoms with van der Waals surface area (Å²) in [6.45, 7) is 2.72. The second-order valence-electron chi connectivity index (χ2n) is 1.23. The minimum atomic E-state index is 0.757. The van der Waals surface area contributed by atoms with Crippen LogP contribution in [-0.4, -0.2) is 20.7 Å². The van der Waals surface area contributed by atoms with Crippen molar-refractivity contribution in [2.45, 2.75) is 6.92 Å². The van der Waals surface area contributed by atoms with Gasteiger partial charge in [0.05, 0.1) is 0 Å². The summed E-state index contributed by atoms with van der Waals surface area (Å²) >= 11 is 0. The Hall–Kier alpha value is -0.0800. The molecule has 1 radical (unpaired) electrons. The fraction of sp³-hybridized carbons (Fsp3) is 1.00. The predicted molar refractivity (Wildman–Crippen MR) is 25.6 cm³/mol. The van der Waals surface area contributed by atoms with Crippen molar-refractivity contribution >= 4 is 0 Å². The van der Waals surface area contributed by atoms with Crippen molar-refractivity contribution in [3.63, 3.8) is 0 Å². The fourth-order valence-corrected chi connectivity index (χ4v) is 0.258. The van der Waals surface area contributed by atoms with Crippen LogP contribution in [-0.2, 0) is 4.84 Å². The first-order chi connectivity index (χ1) is 2.77. The van der Waals surface area contributed by atoms with Gasteiger partial charge in [-0.15, -0.1) is 4.84 Å². The first kappa shape index (κ1) is 5.92. The maximum atomic E-state index is 4.88. The van der Waals surface area contributed by atoms with Gasteiger partial charge in [0, 0.05) is 0 Å². The van der Waals surface area contributed by atoms with Gasteiger partial charge in [0.2, 0.25) is 0 Å². The minimum Gasteiger partial charge on any atom is -0.150 e. The molecule has 0 N–H and O–H groups in total. The highest BCUT2D eigenvalue weighted by Gasteiger charge is 1.91. The smallest absolute Gasteiger partial charge is 0.149 e. The highest BCUT2D eigenvalue weighted by atomic mass is 16.7. The molecule has 6 heavy (non-hydrogen) atoms. The summed E-state index contributed by atoms with van der Waals surface area (Å²) in [7, 11) is 3.73. The average Bonchev–Trinajstić information content (AvgIpc) is 1.35. The topological polar surface area (TPSA) is 15.1 Å². The van der Waals surface area contributed by atoms with Crippen LogP contribution in [0.15, 0.2) is 0 Å². The van der Waals surface area contributed by atoms with Crippen LogP contribution >= 0.6 is 0 Å². The predicted octanol–water partition coefficient (Wildman–Crippen LogP) is 0.338. The molecule has 0 amide bonds. The molecule has 0 saturated heterocycles. The Morgan fingerprint density at radius 1 is 1.50 bits per heavy atom.